The number of anilines is 1. The van der Waals surface area contributed by atoms with Crippen molar-refractivity contribution in [3.8, 4) is 11.3 Å². The first kappa shape index (κ1) is 9.83. The quantitative estimate of drug-likeness (QED) is 0.663. The fourth-order valence-corrected chi connectivity index (χ4v) is 2.01. The summed E-state index contributed by atoms with van der Waals surface area (Å²) in [6.45, 7) is 3.78. The topological polar surface area (TPSA) is 93.6 Å². The van der Waals surface area contributed by atoms with Crippen LogP contribution in [0.5, 0.6) is 0 Å². The fraction of sp³-hybridized carbons (Fsp3) is 0.182. The summed E-state index contributed by atoms with van der Waals surface area (Å²) in [4.78, 5) is 11.7. The highest BCUT2D eigenvalue weighted by Crippen LogP contribution is 2.30. The maximum absolute atomic E-state index is 5.91. The van der Waals surface area contributed by atoms with Crippen LogP contribution in [0.15, 0.2) is 17.0 Å². The SMILES string of the molecule is Cc1nc(N)c2c(C)c(-c3cnoc3)[nH]c2n1. The molecule has 0 unspecified atom stereocenters. The van der Waals surface area contributed by atoms with Gasteiger partial charge in [-0.05, 0) is 19.4 Å². The van der Waals surface area contributed by atoms with E-state index in [0.29, 0.717) is 11.6 Å². The van der Waals surface area contributed by atoms with Crippen molar-refractivity contribution in [3.05, 3.63) is 23.8 Å². The van der Waals surface area contributed by atoms with E-state index in [9.17, 15) is 0 Å². The van der Waals surface area contributed by atoms with E-state index < -0.39 is 0 Å². The highest BCUT2D eigenvalue weighted by atomic mass is 16.5. The van der Waals surface area contributed by atoms with Gasteiger partial charge in [-0.1, -0.05) is 5.16 Å². The lowest BCUT2D eigenvalue weighted by Crippen LogP contribution is -1.96. The Labute approximate surface area is 96.9 Å². The molecule has 0 aliphatic carbocycles. The number of aryl methyl sites for hydroxylation is 2. The molecule has 0 aliphatic rings. The van der Waals surface area contributed by atoms with Crippen molar-refractivity contribution in [1.29, 1.82) is 0 Å². The third kappa shape index (κ3) is 1.37. The van der Waals surface area contributed by atoms with Gasteiger partial charge in [-0.25, -0.2) is 9.97 Å². The van der Waals surface area contributed by atoms with Gasteiger partial charge in [0, 0.05) is 0 Å². The Balaban J connectivity index is 2.36. The zero-order valence-corrected chi connectivity index (χ0v) is 9.48. The molecule has 0 aromatic carbocycles. The van der Waals surface area contributed by atoms with Crippen molar-refractivity contribution < 1.29 is 4.52 Å². The van der Waals surface area contributed by atoms with Gasteiger partial charge in [0.1, 0.15) is 23.6 Å². The molecule has 3 rings (SSSR count). The molecule has 0 radical (unpaired) electrons. The van der Waals surface area contributed by atoms with Crippen LogP contribution < -0.4 is 5.73 Å². The van der Waals surface area contributed by atoms with Crippen LogP contribution in [-0.4, -0.2) is 20.1 Å². The van der Waals surface area contributed by atoms with Crippen LogP contribution >= 0.6 is 0 Å². The molecule has 0 atom stereocenters. The van der Waals surface area contributed by atoms with Crippen molar-refractivity contribution in [2.24, 2.45) is 0 Å². The van der Waals surface area contributed by atoms with Gasteiger partial charge < -0.3 is 15.2 Å². The third-order valence-corrected chi connectivity index (χ3v) is 2.76. The largest absolute Gasteiger partial charge is 0.383 e. The van der Waals surface area contributed by atoms with Crippen LogP contribution in [-0.2, 0) is 0 Å². The minimum Gasteiger partial charge on any atom is -0.383 e. The van der Waals surface area contributed by atoms with E-state index in [0.717, 1.165) is 27.9 Å². The fourth-order valence-electron chi connectivity index (χ4n) is 2.01. The summed E-state index contributed by atoms with van der Waals surface area (Å²) in [5.74, 6) is 1.14. The molecule has 0 spiro atoms. The predicted molar refractivity (Wildman–Crippen MR) is 63.3 cm³/mol. The normalized spacial score (nSPS) is 11.2. The van der Waals surface area contributed by atoms with Crippen LogP contribution in [0.4, 0.5) is 5.82 Å². The lowest BCUT2D eigenvalue weighted by molar-refractivity contribution is 0.420. The summed E-state index contributed by atoms with van der Waals surface area (Å²) in [6, 6.07) is 0. The first-order chi connectivity index (χ1) is 8.16. The Kier molecular flexibility index (Phi) is 1.91. The Morgan fingerprint density at radius 1 is 1.29 bits per heavy atom. The zero-order valence-electron chi connectivity index (χ0n) is 9.48. The lowest BCUT2D eigenvalue weighted by atomic mass is 10.1. The molecule has 17 heavy (non-hydrogen) atoms. The summed E-state index contributed by atoms with van der Waals surface area (Å²) in [6.07, 6.45) is 3.22. The summed E-state index contributed by atoms with van der Waals surface area (Å²) < 4.78 is 4.84. The molecule has 0 bridgehead atoms. The molecule has 86 valence electrons. The van der Waals surface area contributed by atoms with Crippen LogP contribution in [0.2, 0.25) is 0 Å². The molecule has 0 saturated carbocycles. The second-order valence-corrected chi connectivity index (χ2v) is 3.92. The first-order valence-corrected chi connectivity index (χ1v) is 5.19. The Morgan fingerprint density at radius 2 is 2.12 bits per heavy atom. The highest BCUT2D eigenvalue weighted by Gasteiger charge is 2.15. The minimum atomic E-state index is 0.490. The van der Waals surface area contributed by atoms with Gasteiger partial charge in [-0.3, -0.25) is 0 Å². The summed E-state index contributed by atoms with van der Waals surface area (Å²) in [5.41, 5.74) is 9.44. The molecular weight excluding hydrogens is 218 g/mol. The molecule has 3 aromatic rings. The highest BCUT2D eigenvalue weighted by molar-refractivity contribution is 5.94. The third-order valence-electron chi connectivity index (χ3n) is 2.76. The van der Waals surface area contributed by atoms with Gasteiger partial charge in [0.2, 0.25) is 0 Å². The average molecular weight is 229 g/mol. The number of fused-ring (bicyclic) bond motifs is 1. The van der Waals surface area contributed by atoms with Gasteiger partial charge in [0.05, 0.1) is 22.8 Å². The smallest absolute Gasteiger partial charge is 0.143 e. The standard InChI is InChI=1S/C11H11N5O/c1-5-8-10(12)14-6(2)15-11(8)16-9(5)7-3-13-17-4-7/h3-4H,1-2H3,(H3,12,14,15,16). The number of hydrogen-bond acceptors (Lipinski definition) is 5. The molecule has 0 aliphatic heterocycles. The number of H-pyrrole nitrogens is 1. The molecule has 3 heterocycles. The Bertz CT molecular complexity index is 684. The lowest BCUT2D eigenvalue weighted by Gasteiger charge is -1.98. The van der Waals surface area contributed by atoms with E-state index in [4.69, 9.17) is 10.3 Å². The number of aromatic amines is 1. The monoisotopic (exact) mass is 229 g/mol. The van der Waals surface area contributed by atoms with Gasteiger partial charge in [0.15, 0.2) is 0 Å². The molecule has 3 aromatic heterocycles. The van der Waals surface area contributed by atoms with E-state index in [2.05, 4.69) is 20.1 Å². The minimum absolute atomic E-state index is 0.490. The number of hydrogen-bond donors (Lipinski definition) is 2. The second kappa shape index (κ2) is 3.31. The van der Waals surface area contributed by atoms with Gasteiger partial charge in [-0.15, -0.1) is 0 Å². The van der Waals surface area contributed by atoms with Gasteiger partial charge >= 0.3 is 0 Å². The van der Waals surface area contributed by atoms with Crippen LogP contribution in [0.25, 0.3) is 22.3 Å². The first-order valence-electron chi connectivity index (χ1n) is 5.19. The summed E-state index contributed by atoms with van der Waals surface area (Å²) in [7, 11) is 0. The summed E-state index contributed by atoms with van der Waals surface area (Å²) in [5, 5.41) is 4.54. The molecule has 6 heteroatoms. The van der Waals surface area contributed by atoms with Crippen LogP contribution in [0.1, 0.15) is 11.4 Å². The Morgan fingerprint density at radius 3 is 2.82 bits per heavy atom. The van der Waals surface area contributed by atoms with Crippen LogP contribution in [0, 0.1) is 13.8 Å². The van der Waals surface area contributed by atoms with Crippen molar-refractivity contribution in [2.45, 2.75) is 13.8 Å². The number of aromatic nitrogens is 4. The number of nitrogen functional groups attached to an aromatic ring is 1. The maximum Gasteiger partial charge on any atom is 0.143 e. The number of nitrogens with zero attached hydrogens (tertiary/aromatic N) is 3. The van der Waals surface area contributed by atoms with E-state index in [-0.39, 0.29) is 0 Å². The average Bonchev–Trinajstić information content (AvgIpc) is 2.85. The molecule has 6 nitrogen and oxygen atoms in total. The van der Waals surface area contributed by atoms with Crippen molar-refractivity contribution in [1.82, 2.24) is 20.1 Å². The van der Waals surface area contributed by atoms with E-state index in [1.165, 1.54) is 0 Å². The van der Waals surface area contributed by atoms with E-state index >= 15 is 0 Å². The summed E-state index contributed by atoms with van der Waals surface area (Å²) >= 11 is 0. The zero-order chi connectivity index (χ0) is 12.0. The van der Waals surface area contributed by atoms with Crippen molar-refractivity contribution in [2.75, 3.05) is 5.73 Å². The van der Waals surface area contributed by atoms with E-state index in [1.807, 2.05) is 13.8 Å². The molecule has 0 fully saturated rings. The van der Waals surface area contributed by atoms with Crippen LogP contribution in [0.3, 0.4) is 0 Å². The Hall–Kier alpha value is -2.37. The van der Waals surface area contributed by atoms with E-state index in [1.54, 1.807) is 12.5 Å². The second-order valence-electron chi connectivity index (χ2n) is 3.92. The van der Waals surface area contributed by atoms with Gasteiger partial charge in [-0.2, -0.15) is 0 Å². The molecule has 0 amide bonds. The molecule has 3 N–H and O–H groups in total. The molecule has 0 saturated heterocycles. The van der Waals surface area contributed by atoms with Crippen molar-refractivity contribution >= 4 is 16.9 Å². The number of nitrogens with two attached hydrogens (primary N) is 1. The maximum atomic E-state index is 5.91. The molecular formula is C11H11N5O. The van der Waals surface area contributed by atoms with Gasteiger partial charge in [0.25, 0.3) is 0 Å². The van der Waals surface area contributed by atoms with Crippen molar-refractivity contribution in [3.63, 3.8) is 0 Å². The predicted octanol–water partition coefficient (Wildman–Crippen LogP) is 1.81. The number of nitrogens with one attached hydrogen (secondary N) is 1. The number of rotatable bonds is 1.